The second-order valence-electron chi connectivity index (χ2n) is 4.05. The molecule has 2 fully saturated rings. The third-order valence-electron chi connectivity index (χ3n) is 3.25. The smallest absolute Gasteiger partial charge is 0.169 e. The first-order valence-electron chi connectivity index (χ1n) is 5.15. The maximum absolute atomic E-state index is 10.8. The van der Waals surface area contributed by atoms with Crippen molar-refractivity contribution in [3.05, 3.63) is 12.7 Å². The van der Waals surface area contributed by atoms with Crippen LogP contribution in [0.1, 0.15) is 19.3 Å². The molecular formula is C11H16O3. The van der Waals surface area contributed by atoms with Crippen LogP contribution in [0.15, 0.2) is 12.7 Å². The van der Waals surface area contributed by atoms with E-state index in [1.807, 2.05) is 6.08 Å². The molecule has 0 aromatic rings. The molecule has 78 valence electrons. The molecule has 0 N–H and O–H groups in total. The van der Waals surface area contributed by atoms with E-state index in [-0.39, 0.29) is 11.8 Å². The van der Waals surface area contributed by atoms with Gasteiger partial charge in [-0.1, -0.05) is 6.08 Å². The minimum atomic E-state index is -0.404. The van der Waals surface area contributed by atoms with Crippen molar-refractivity contribution in [2.24, 2.45) is 11.8 Å². The molecular weight excluding hydrogens is 180 g/mol. The number of ether oxygens (including phenoxy) is 2. The van der Waals surface area contributed by atoms with Crippen molar-refractivity contribution in [1.29, 1.82) is 0 Å². The number of carbonyl (C=O) groups excluding carboxylic acids is 1. The number of hydrogen-bond donors (Lipinski definition) is 0. The van der Waals surface area contributed by atoms with Crippen LogP contribution >= 0.6 is 0 Å². The van der Waals surface area contributed by atoms with Gasteiger partial charge in [0.15, 0.2) is 5.79 Å². The van der Waals surface area contributed by atoms with Crippen LogP contribution in [-0.4, -0.2) is 25.3 Å². The summed E-state index contributed by atoms with van der Waals surface area (Å²) in [5.41, 5.74) is 0. The predicted octanol–water partition coefficient (Wildman–Crippen LogP) is 1.53. The van der Waals surface area contributed by atoms with Gasteiger partial charge in [0.2, 0.25) is 0 Å². The molecule has 1 unspecified atom stereocenters. The molecule has 1 aliphatic carbocycles. The first-order chi connectivity index (χ1) is 6.79. The number of carbonyl (C=O) groups is 1. The van der Waals surface area contributed by atoms with Crippen molar-refractivity contribution in [2.45, 2.75) is 25.0 Å². The molecule has 2 atom stereocenters. The Morgan fingerprint density at radius 3 is 2.57 bits per heavy atom. The standard InChI is InChI=1S/C11H16O3/c1-2-9-7-11(13-5-6-14-11)4-3-10(9)8-12/h2,8-10H,1,3-7H2/t9-,10?/m1/s1. The highest BCUT2D eigenvalue weighted by molar-refractivity contribution is 5.55. The van der Waals surface area contributed by atoms with Crippen molar-refractivity contribution in [3.63, 3.8) is 0 Å². The predicted molar refractivity (Wildman–Crippen MR) is 51.7 cm³/mol. The van der Waals surface area contributed by atoms with Crippen molar-refractivity contribution in [2.75, 3.05) is 13.2 Å². The molecule has 3 heteroatoms. The Morgan fingerprint density at radius 2 is 2.00 bits per heavy atom. The fourth-order valence-corrected chi connectivity index (χ4v) is 2.40. The molecule has 1 saturated heterocycles. The van der Waals surface area contributed by atoms with E-state index in [1.54, 1.807) is 0 Å². The van der Waals surface area contributed by atoms with Crippen LogP contribution in [0.2, 0.25) is 0 Å². The first-order valence-corrected chi connectivity index (χ1v) is 5.15. The molecule has 0 bridgehead atoms. The van der Waals surface area contributed by atoms with E-state index < -0.39 is 5.79 Å². The van der Waals surface area contributed by atoms with Crippen molar-refractivity contribution < 1.29 is 14.3 Å². The highest BCUT2D eigenvalue weighted by Crippen LogP contribution is 2.41. The minimum Gasteiger partial charge on any atom is -0.348 e. The van der Waals surface area contributed by atoms with Gasteiger partial charge in [-0.15, -0.1) is 6.58 Å². The van der Waals surface area contributed by atoms with Gasteiger partial charge < -0.3 is 14.3 Å². The van der Waals surface area contributed by atoms with Crippen LogP contribution in [0.4, 0.5) is 0 Å². The summed E-state index contributed by atoms with van der Waals surface area (Å²) in [6.45, 7) is 5.12. The van der Waals surface area contributed by atoms with E-state index in [0.717, 1.165) is 25.5 Å². The monoisotopic (exact) mass is 196 g/mol. The zero-order chi connectivity index (χ0) is 10.0. The first kappa shape index (κ1) is 9.87. The van der Waals surface area contributed by atoms with Crippen molar-refractivity contribution in [1.82, 2.24) is 0 Å². The van der Waals surface area contributed by atoms with E-state index in [2.05, 4.69) is 6.58 Å². The fraction of sp³-hybridized carbons (Fsp3) is 0.727. The van der Waals surface area contributed by atoms with Crippen LogP contribution < -0.4 is 0 Å². The summed E-state index contributed by atoms with van der Waals surface area (Å²) in [6.07, 6.45) is 5.35. The Hall–Kier alpha value is -0.670. The highest BCUT2D eigenvalue weighted by Gasteiger charge is 2.43. The van der Waals surface area contributed by atoms with Crippen LogP contribution in [0, 0.1) is 11.8 Å². The highest BCUT2D eigenvalue weighted by atomic mass is 16.7. The molecule has 0 aromatic heterocycles. The van der Waals surface area contributed by atoms with E-state index in [0.29, 0.717) is 13.2 Å². The van der Waals surface area contributed by atoms with Crippen molar-refractivity contribution >= 4 is 6.29 Å². The van der Waals surface area contributed by atoms with Crippen LogP contribution in [0.5, 0.6) is 0 Å². The van der Waals surface area contributed by atoms with E-state index in [4.69, 9.17) is 9.47 Å². The quantitative estimate of drug-likeness (QED) is 0.496. The van der Waals surface area contributed by atoms with Crippen molar-refractivity contribution in [3.8, 4) is 0 Å². The lowest BCUT2D eigenvalue weighted by Gasteiger charge is -2.37. The molecule has 1 heterocycles. The number of hydrogen-bond acceptors (Lipinski definition) is 3. The van der Waals surface area contributed by atoms with Gasteiger partial charge in [0, 0.05) is 18.8 Å². The minimum absolute atomic E-state index is 0.103. The number of allylic oxidation sites excluding steroid dienone is 1. The molecule has 0 radical (unpaired) electrons. The molecule has 3 nitrogen and oxygen atoms in total. The average molecular weight is 196 g/mol. The molecule has 0 aromatic carbocycles. The number of rotatable bonds is 2. The molecule has 2 rings (SSSR count). The molecule has 2 aliphatic rings. The summed E-state index contributed by atoms with van der Waals surface area (Å²) in [4.78, 5) is 10.8. The van der Waals surface area contributed by atoms with Gasteiger partial charge in [-0.25, -0.2) is 0 Å². The van der Waals surface area contributed by atoms with Gasteiger partial charge in [-0.3, -0.25) is 0 Å². The topological polar surface area (TPSA) is 35.5 Å². The summed E-state index contributed by atoms with van der Waals surface area (Å²) in [5.74, 6) is -0.0940. The maximum atomic E-state index is 10.8. The zero-order valence-electron chi connectivity index (χ0n) is 8.28. The molecule has 1 spiro atoms. The van der Waals surface area contributed by atoms with Crippen LogP contribution in [0.25, 0.3) is 0 Å². The Labute approximate surface area is 84.1 Å². The normalized spacial score (nSPS) is 35.7. The van der Waals surface area contributed by atoms with Gasteiger partial charge in [0.05, 0.1) is 13.2 Å². The third-order valence-corrected chi connectivity index (χ3v) is 3.25. The molecule has 1 saturated carbocycles. The van der Waals surface area contributed by atoms with Gasteiger partial charge in [0.1, 0.15) is 6.29 Å². The maximum Gasteiger partial charge on any atom is 0.169 e. The lowest BCUT2D eigenvalue weighted by atomic mass is 9.77. The van der Waals surface area contributed by atoms with Gasteiger partial charge >= 0.3 is 0 Å². The third kappa shape index (κ3) is 1.62. The second kappa shape index (κ2) is 3.83. The Kier molecular flexibility index (Phi) is 2.70. The van der Waals surface area contributed by atoms with Crippen LogP contribution in [0.3, 0.4) is 0 Å². The van der Waals surface area contributed by atoms with Crippen LogP contribution in [-0.2, 0) is 14.3 Å². The lowest BCUT2D eigenvalue weighted by molar-refractivity contribution is -0.189. The van der Waals surface area contributed by atoms with Gasteiger partial charge in [0.25, 0.3) is 0 Å². The summed E-state index contributed by atoms with van der Waals surface area (Å²) in [6, 6.07) is 0. The summed E-state index contributed by atoms with van der Waals surface area (Å²) in [5, 5.41) is 0. The largest absolute Gasteiger partial charge is 0.348 e. The van der Waals surface area contributed by atoms with E-state index in [1.165, 1.54) is 0 Å². The zero-order valence-corrected chi connectivity index (χ0v) is 8.28. The Bertz CT molecular complexity index is 231. The van der Waals surface area contributed by atoms with E-state index in [9.17, 15) is 4.79 Å². The van der Waals surface area contributed by atoms with E-state index >= 15 is 0 Å². The van der Waals surface area contributed by atoms with Gasteiger partial charge in [-0.05, 0) is 12.3 Å². The molecule has 1 aliphatic heterocycles. The summed E-state index contributed by atoms with van der Waals surface area (Å²) >= 11 is 0. The second-order valence-corrected chi connectivity index (χ2v) is 4.05. The molecule has 0 amide bonds. The Balaban J connectivity index is 2.06. The number of aldehydes is 1. The average Bonchev–Trinajstić information content (AvgIpc) is 2.66. The summed E-state index contributed by atoms with van der Waals surface area (Å²) < 4.78 is 11.2. The van der Waals surface area contributed by atoms with Gasteiger partial charge in [-0.2, -0.15) is 0 Å². The summed E-state index contributed by atoms with van der Waals surface area (Å²) in [7, 11) is 0. The fourth-order valence-electron chi connectivity index (χ4n) is 2.40. The molecule has 14 heavy (non-hydrogen) atoms. The Morgan fingerprint density at radius 1 is 1.29 bits per heavy atom. The SMILES string of the molecule is C=C[C@@H]1CC2(CCC1C=O)OCCO2. The lowest BCUT2D eigenvalue weighted by Crippen LogP contribution is -2.40.